The first-order valence-electron chi connectivity index (χ1n) is 9.92. The third kappa shape index (κ3) is 5.00. The number of ketones is 1. The summed E-state index contributed by atoms with van der Waals surface area (Å²) in [6.45, 7) is 1.06. The predicted molar refractivity (Wildman–Crippen MR) is 109 cm³/mol. The maximum atomic E-state index is 12.8. The Bertz CT molecular complexity index is 883. The number of hydrogen-bond acceptors (Lipinski definition) is 8. The summed E-state index contributed by atoms with van der Waals surface area (Å²) in [6, 6.07) is 15.4. The van der Waals surface area contributed by atoms with Crippen LogP contribution in [-0.2, 0) is 19.0 Å². The third-order valence-electron chi connectivity index (χ3n) is 5.34. The van der Waals surface area contributed by atoms with Gasteiger partial charge in [0.15, 0.2) is 18.2 Å². The quantitative estimate of drug-likeness (QED) is 0.440. The van der Waals surface area contributed by atoms with Crippen LogP contribution in [0.5, 0.6) is 0 Å². The van der Waals surface area contributed by atoms with Gasteiger partial charge in [-0.15, -0.1) is 0 Å². The molecule has 1 heterocycles. The molecule has 0 spiro atoms. The fourth-order valence-corrected chi connectivity index (χ4v) is 3.46. The number of aliphatic hydroxyl groups excluding tert-OH is 3. The largest absolute Gasteiger partial charge is 0.456 e. The number of rotatable bonds is 7. The van der Waals surface area contributed by atoms with Crippen LogP contribution in [0.3, 0.4) is 0 Å². The lowest BCUT2D eigenvalue weighted by Crippen LogP contribution is -2.60. The molecule has 8 nitrogen and oxygen atoms in total. The zero-order chi connectivity index (χ0) is 22.5. The first kappa shape index (κ1) is 23.1. The van der Waals surface area contributed by atoms with E-state index in [-0.39, 0.29) is 5.78 Å². The standard InChI is InChI=1S/C23H26O8/c1-13(15-9-6-10-16(11-15)18(25)14-7-4-3-5-8-14)22(28)31-21-19(26)17(12-24)30-23(29-2)20(21)27/h3-11,13,17,19-21,23-24,26-27H,12H2,1-2H3/t13?,17-,19-,20-,21+,23+/m0/s1. The van der Waals surface area contributed by atoms with Gasteiger partial charge in [0, 0.05) is 18.2 Å². The van der Waals surface area contributed by atoms with E-state index in [0.29, 0.717) is 16.7 Å². The zero-order valence-corrected chi connectivity index (χ0v) is 17.3. The van der Waals surface area contributed by atoms with Crippen LogP contribution in [0.25, 0.3) is 0 Å². The number of hydrogen-bond donors (Lipinski definition) is 3. The lowest BCUT2D eigenvalue weighted by Gasteiger charge is -2.41. The Morgan fingerprint density at radius 3 is 2.35 bits per heavy atom. The topological polar surface area (TPSA) is 123 Å². The van der Waals surface area contributed by atoms with Crippen LogP contribution in [-0.4, -0.2) is 71.5 Å². The van der Waals surface area contributed by atoms with E-state index in [1.807, 2.05) is 6.07 Å². The molecule has 1 saturated heterocycles. The van der Waals surface area contributed by atoms with Crippen molar-refractivity contribution in [2.75, 3.05) is 13.7 Å². The summed E-state index contributed by atoms with van der Waals surface area (Å²) in [6.07, 6.45) is -6.47. The van der Waals surface area contributed by atoms with E-state index in [0.717, 1.165) is 0 Å². The predicted octanol–water partition coefficient (Wildman–Crippen LogP) is 1.02. The SMILES string of the molecule is CO[C@@H]1O[C@@H](CO)[C@H](O)[C@@H](OC(=O)C(C)c2cccc(C(=O)c3ccccc3)c2)[C@@H]1O. The Kier molecular flexibility index (Phi) is 7.53. The Labute approximate surface area is 180 Å². The zero-order valence-electron chi connectivity index (χ0n) is 17.3. The number of aliphatic hydroxyl groups is 3. The van der Waals surface area contributed by atoms with Gasteiger partial charge in [0.1, 0.15) is 18.3 Å². The van der Waals surface area contributed by atoms with Crippen molar-refractivity contribution in [1.29, 1.82) is 0 Å². The summed E-state index contributed by atoms with van der Waals surface area (Å²) in [5.41, 5.74) is 1.50. The minimum atomic E-state index is -1.44. The molecular formula is C23H26O8. The van der Waals surface area contributed by atoms with Gasteiger partial charge in [-0.25, -0.2) is 0 Å². The van der Waals surface area contributed by atoms with Crippen molar-refractivity contribution in [3.8, 4) is 0 Å². The summed E-state index contributed by atoms with van der Waals surface area (Å²) in [4.78, 5) is 25.5. The van der Waals surface area contributed by atoms with Crippen LogP contribution >= 0.6 is 0 Å². The van der Waals surface area contributed by atoms with Gasteiger partial charge in [0.05, 0.1) is 12.5 Å². The maximum absolute atomic E-state index is 12.8. The van der Waals surface area contributed by atoms with Gasteiger partial charge in [-0.05, 0) is 18.6 Å². The fraction of sp³-hybridized carbons (Fsp3) is 0.391. The molecule has 3 N–H and O–H groups in total. The van der Waals surface area contributed by atoms with Gasteiger partial charge in [-0.1, -0.05) is 48.5 Å². The average Bonchev–Trinajstić information content (AvgIpc) is 2.81. The van der Waals surface area contributed by atoms with Crippen molar-refractivity contribution >= 4 is 11.8 Å². The molecule has 3 rings (SSSR count). The van der Waals surface area contributed by atoms with E-state index in [9.17, 15) is 24.9 Å². The summed E-state index contributed by atoms with van der Waals surface area (Å²) in [7, 11) is 1.29. The van der Waals surface area contributed by atoms with Crippen molar-refractivity contribution in [2.45, 2.75) is 43.5 Å². The van der Waals surface area contributed by atoms with E-state index in [2.05, 4.69) is 0 Å². The van der Waals surface area contributed by atoms with Gasteiger partial charge < -0.3 is 29.5 Å². The van der Waals surface area contributed by atoms with E-state index >= 15 is 0 Å². The minimum absolute atomic E-state index is 0.174. The first-order chi connectivity index (χ1) is 14.9. The Morgan fingerprint density at radius 2 is 1.71 bits per heavy atom. The van der Waals surface area contributed by atoms with Crippen LogP contribution in [0.2, 0.25) is 0 Å². The lowest BCUT2D eigenvalue weighted by atomic mass is 9.95. The molecular weight excluding hydrogens is 404 g/mol. The molecule has 1 aliphatic heterocycles. The first-order valence-corrected chi connectivity index (χ1v) is 9.92. The highest BCUT2D eigenvalue weighted by Crippen LogP contribution is 2.27. The number of methoxy groups -OCH3 is 1. The molecule has 0 radical (unpaired) electrons. The minimum Gasteiger partial charge on any atom is -0.456 e. The number of benzene rings is 2. The molecule has 1 unspecified atom stereocenters. The van der Waals surface area contributed by atoms with Crippen LogP contribution in [0.4, 0.5) is 0 Å². The van der Waals surface area contributed by atoms with E-state index in [1.165, 1.54) is 7.11 Å². The molecule has 166 valence electrons. The molecule has 2 aromatic carbocycles. The van der Waals surface area contributed by atoms with Gasteiger partial charge in [0.2, 0.25) is 0 Å². The van der Waals surface area contributed by atoms with Crippen LogP contribution in [0.1, 0.15) is 34.3 Å². The monoisotopic (exact) mass is 430 g/mol. The molecule has 0 bridgehead atoms. The molecule has 6 atom stereocenters. The van der Waals surface area contributed by atoms with Gasteiger partial charge in [0.25, 0.3) is 0 Å². The Morgan fingerprint density at radius 1 is 1.03 bits per heavy atom. The second-order valence-corrected chi connectivity index (χ2v) is 7.39. The van der Waals surface area contributed by atoms with Crippen LogP contribution < -0.4 is 0 Å². The number of esters is 1. The van der Waals surface area contributed by atoms with Gasteiger partial charge in [-0.2, -0.15) is 0 Å². The Hall–Kier alpha value is -2.62. The molecule has 0 aliphatic carbocycles. The van der Waals surface area contributed by atoms with E-state index in [4.69, 9.17) is 14.2 Å². The van der Waals surface area contributed by atoms with Crippen molar-refractivity contribution < 1.29 is 39.1 Å². The molecule has 0 amide bonds. The highest BCUT2D eigenvalue weighted by molar-refractivity contribution is 6.09. The second-order valence-electron chi connectivity index (χ2n) is 7.39. The molecule has 0 saturated carbocycles. The van der Waals surface area contributed by atoms with Crippen LogP contribution in [0.15, 0.2) is 54.6 Å². The third-order valence-corrected chi connectivity index (χ3v) is 5.34. The van der Waals surface area contributed by atoms with Crippen molar-refractivity contribution in [3.63, 3.8) is 0 Å². The van der Waals surface area contributed by atoms with Crippen molar-refractivity contribution in [3.05, 3.63) is 71.3 Å². The molecule has 2 aromatic rings. The smallest absolute Gasteiger partial charge is 0.313 e. The second kappa shape index (κ2) is 10.1. The number of carbonyl (C=O) groups is 2. The van der Waals surface area contributed by atoms with E-state index < -0.39 is 49.2 Å². The molecule has 8 heteroatoms. The molecule has 31 heavy (non-hydrogen) atoms. The normalized spacial score (nSPS) is 26.8. The average molecular weight is 430 g/mol. The summed E-state index contributed by atoms with van der Waals surface area (Å²) in [5, 5.41) is 30.1. The maximum Gasteiger partial charge on any atom is 0.313 e. The summed E-state index contributed by atoms with van der Waals surface area (Å²) < 4.78 is 15.6. The fourth-order valence-electron chi connectivity index (χ4n) is 3.46. The number of carbonyl (C=O) groups excluding carboxylic acids is 2. The van der Waals surface area contributed by atoms with E-state index in [1.54, 1.807) is 55.5 Å². The Balaban J connectivity index is 1.76. The lowest BCUT2D eigenvalue weighted by molar-refractivity contribution is -0.297. The van der Waals surface area contributed by atoms with Crippen molar-refractivity contribution in [1.82, 2.24) is 0 Å². The summed E-state index contributed by atoms with van der Waals surface area (Å²) in [5.74, 6) is -1.66. The summed E-state index contributed by atoms with van der Waals surface area (Å²) >= 11 is 0. The van der Waals surface area contributed by atoms with Gasteiger partial charge in [-0.3, -0.25) is 9.59 Å². The van der Waals surface area contributed by atoms with Gasteiger partial charge >= 0.3 is 5.97 Å². The highest BCUT2D eigenvalue weighted by atomic mass is 16.7. The number of ether oxygens (including phenoxy) is 3. The molecule has 0 aromatic heterocycles. The molecule has 1 fully saturated rings. The highest BCUT2D eigenvalue weighted by Gasteiger charge is 2.47. The van der Waals surface area contributed by atoms with Crippen molar-refractivity contribution in [2.24, 2.45) is 0 Å². The molecule has 1 aliphatic rings. The van der Waals surface area contributed by atoms with Crippen LogP contribution in [0, 0.1) is 0 Å².